The average molecular weight is 405 g/mol. The predicted octanol–water partition coefficient (Wildman–Crippen LogP) is 1.94. The Balaban J connectivity index is 1.26. The third-order valence-corrected chi connectivity index (χ3v) is 6.24. The van der Waals surface area contributed by atoms with E-state index >= 15 is 0 Å². The van der Waals surface area contributed by atoms with Gasteiger partial charge in [-0.2, -0.15) is 0 Å². The summed E-state index contributed by atoms with van der Waals surface area (Å²) in [5.41, 5.74) is 0. The Labute approximate surface area is 172 Å². The first kappa shape index (κ1) is 20.4. The summed E-state index contributed by atoms with van der Waals surface area (Å²) in [5.74, 6) is 1.66. The van der Waals surface area contributed by atoms with Gasteiger partial charge in [-0.3, -0.25) is 9.69 Å². The molecule has 3 fully saturated rings. The molecule has 29 heavy (non-hydrogen) atoms. The number of amides is 1. The number of fused-ring (bicyclic) bond motifs is 1. The molecule has 2 aliphatic heterocycles. The van der Waals surface area contributed by atoms with Crippen LogP contribution in [0, 0.1) is 0 Å². The zero-order valence-electron chi connectivity index (χ0n) is 17.4. The van der Waals surface area contributed by atoms with E-state index in [1.54, 1.807) is 7.11 Å². The molecule has 1 saturated carbocycles. The van der Waals surface area contributed by atoms with Crippen molar-refractivity contribution in [1.82, 2.24) is 9.80 Å². The second-order valence-electron chi connectivity index (χ2n) is 8.31. The van der Waals surface area contributed by atoms with Gasteiger partial charge < -0.3 is 23.8 Å². The number of likely N-dealkylation sites (tertiary alicyclic amines) is 1. The molecule has 1 amide bonds. The monoisotopic (exact) mass is 404 g/mol. The van der Waals surface area contributed by atoms with Gasteiger partial charge in [-0.05, 0) is 32.0 Å². The van der Waals surface area contributed by atoms with Crippen LogP contribution in [0.15, 0.2) is 24.3 Å². The zero-order chi connectivity index (χ0) is 20.2. The molecule has 1 aromatic carbocycles. The Morgan fingerprint density at radius 1 is 1.14 bits per heavy atom. The number of carbonyl (C=O) groups excluding carboxylic acids is 1. The molecule has 0 N–H and O–H groups in total. The van der Waals surface area contributed by atoms with E-state index in [0.29, 0.717) is 38.9 Å². The fourth-order valence-electron chi connectivity index (χ4n) is 4.50. The van der Waals surface area contributed by atoms with Crippen molar-refractivity contribution in [2.24, 2.45) is 0 Å². The van der Waals surface area contributed by atoms with E-state index in [4.69, 9.17) is 18.9 Å². The standard InChI is InChI=1S/C22H32N2O5/c1-23(16-6-3-4-7-16)13-22(25)24-11-20-21(12-24)28-15-19(14-27-20)29-18-9-5-8-17(10-18)26-2/h5,8-10,16,19-21H,3-4,6-7,11-15H2,1-2H3/t20-,21-/m0/s1. The lowest BCUT2D eigenvalue weighted by Gasteiger charge is -2.26. The van der Waals surface area contributed by atoms with E-state index in [-0.39, 0.29) is 24.2 Å². The maximum atomic E-state index is 12.7. The highest BCUT2D eigenvalue weighted by Gasteiger charge is 2.40. The molecular weight excluding hydrogens is 372 g/mol. The Hall–Kier alpha value is -1.83. The number of rotatable bonds is 6. The maximum Gasteiger partial charge on any atom is 0.236 e. The number of methoxy groups -OCH3 is 1. The van der Waals surface area contributed by atoms with Crippen LogP contribution in [0.2, 0.25) is 0 Å². The van der Waals surface area contributed by atoms with Crippen LogP contribution in [-0.4, -0.2) is 87.1 Å². The molecular formula is C22H32N2O5. The van der Waals surface area contributed by atoms with Crippen molar-refractivity contribution in [3.05, 3.63) is 24.3 Å². The summed E-state index contributed by atoms with van der Waals surface area (Å²) in [6, 6.07) is 8.08. The Morgan fingerprint density at radius 2 is 1.79 bits per heavy atom. The number of ether oxygens (including phenoxy) is 4. The van der Waals surface area contributed by atoms with Gasteiger partial charge in [0, 0.05) is 25.2 Å². The van der Waals surface area contributed by atoms with Crippen LogP contribution in [0.25, 0.3) is 0 Å². The van der Waals surface area contributed by atoms with Crippen molar-refractivity contribution in [2.45, 2.75) is 50.0 Å². The number of hydrogen-bond donors (Lipinski definition) is 0. The molecule has 4 rings (SSSR count). The molecule has 2 atom stereocenters. The van der Waals surface area contributed by atoms with Gasteiger partial charge in [0.1, 0.15) is 29.8 Å². The summed E-state index contributed by atoms with van der Waals surface area (Å²) >= 11 is 0. The van der Waals surface area contributed by atoms with Crippen LogP contribution in [0.5, 0.6) is 11.5 Å². The summed E-state index contributed by atoms with van der Waals surface area (Å²) in [6.45, 7) is 2.55. The highest BCUT2D eigenvalue weighted by molar-refractivity contribution is 5.78. The molecule has 160 valence electrons. The zero-order valence-corrected chi connectivity index (χ0v) is 17.4. The molecule has 2 saturated heterocycles. The van der Waals surface area contributed by atoms with Crippen LogP contribution in [0.4, 0.5) is 0 Å². The first-order valence-corrected chi connectivity index (χ1v) is 10.6. The summed E-state index contributed by atoms with van der Waals surface area (Å²) in [4.78, 5) is 16.8. The molecule has 0 radical (unpaired) electrons. The molecule has 0 bridgehead atoms. The number of carbonyl (C=O) groups is 1. The van der Waals surface area contributed by atoms with Crippen molar-refractivity contribution in [2.75, 3.05) is 47.0 Å². The van der Waals surface area contributed by atoms with E-state index in [9.17, 15) is 4.79 Å². The van der Waals surface area contributed by atoms with E-state index in [2.05, 4.69) is 11.9 Å². The quantitative estimate of drug-likeness (QED) is 0.722. The summed E-state index contributed by atoms with van der Waals surface area (Å²) in [7, 11) is 3.70. The maximum absolute atomic E-state index is 12.7. The normalized spacial score (nSPS) is 25.8. The van der Waals surface area contributed by atoms with Crippen LogP contribution >= 0.6 is 0 Å². The lowest BCUT2D eigenvalue weighted by Crippen LogP contribution is -2.42. The third kappa shape index (κ3) is 5.02. The van der Waals surface area contributed by atoms with Crippen molar-refractivity contribution >= 4 is 5.91 Å². The van der Waals surface area contributed by atoms with Gasteiger partial charge in [-0.15, -0.1) is 0 Å². The van der Waals surface area contributed by atoms with Crippen LogP contribution < -0.4 is 9.47 Å². The number of likely N-dealkylation sites (N-methyl/N-ethyl adjacent to an activating group) is 1. The second-order valence-corrected chi connectivity index (χ2v) is 8.31. The fourth-order valence-corrected chi connectivity index (χ4v) is 4.50. The van der Waals surface area contributed by atoms with Crippen LogP contribution in [0.3, 0.4) is 0 Å². The van der Waals surface area contributed by atoms with E-state index < -0.39 is 0 Å². The molecule has 3 aliphatic rings. The number of hydrogen-bond acceptors (Lipinski definition) is 6. The lowest BCUT2D eigenvalue weighted by atomic mass is 10.2. The Bertz CT molecular complexity index is 678. The minimum atomic E-state index is -0.176. The molecule has 0 unspecified atom stereocenters. The van der Waals surface area contributed by atoms with E-state index in [0.717, 1.165) is 11.5 Å². The van der Waals surface area contributed by atoms with Gasteiger partial charge in [-0.1, -0.05) is 18.9 Å². The molecule has 0 aromatic heterocycles. The van der Waals surface area contributed by atoms with Crippen molar-refractivity contribution in [1.29, 1.82) is 0 Å². The number of benzene rings is 1. The predicted molar refractivity (Wildman–Crippen MR) is 108 cm³/mol. The first-order valence-electron chi connectivity index (χ1n) is 10.6. The van der Waals surface area contributed by atoms with Crippen LogP contribution in [-0.2, 0) is 14.3 Å². The molecule has 0 spiro atoms. The first-order chi connectivity index (χ1) is 14.1. The Kier molecular flexibility index (Phi) is 6.57. The Morgan fingerprint density at radius 3 is 2.45 bits per heavy atom. The molecule has 7 nitrogen and oxygen atoms in total. The highest BCUT2D eigenvalue weighted by Crippen LogP contribution is 2.25. The average Bonchev–Trinajstić information content (AvgIpc) is 3.37. The van der Waals surface area contributed by atoms with Gasteiger partial charge in [0.25, 0.3) is 0 Å². The molecule has 1 aromatic rings. The summed E-state index contributed by atoms with van der Waals surface area (Å²) in [6.07, 6.45) is 4.61. The van der Waals surface area contributed by atoms with Crippen molar-refractivity contribution in [3.8, 4) is 11.5 Å². The third-order valence-electron chi connectivity index (χ3n) is 6.24. The molecule has 7 heteroatoms. The highest BCUT2D eigenvalue weighted by atomic mass is 16.6. The topological polar surface area (TPSA) is 60.5 Å². The van der Waals surface area contributed by atoms with E-state index in [1.165, 1.54) is 25.7 Å². The summed E-state index contributed by atoms with van der Waals surface area (Å²) in [5, 5.41) is 0. The SMILES string of the molecule is COc1cccc(OC2CO[C@H]3CN(C(=O)CN(C)C4CCCC4)C[C@@H]3OC2)c1. The lowest BCUT2D eigenvalue weighted by molar-refractivity contribution is -0.132. The smallest absolute Gasteiger partial charge is 0.236 e. The molecule has 2 heterocycles. The minimum Gasteiger partial charge on any atom is -0.497 e. The van der Waals surface area contributed by atoms with E-state index in [1.807, 2.05) is 29.2 Å². The van der Waals surface area contributed by atoms with Crippen molar-refractivity contribution in [3.63, 3.8) is 0 Å². The van der Waals surface area contributed by atoms with Crippen molar-refractivity contribution < 1.29 is 23.7 Å². The molecule has 1 aliphatic carbocycles. The van der Waals surface area contributed by atoms with Gasteiger partial charge in [-0.25, -0.2) is 0 Å². The largest absolute Gasteiger partial charge is 0.497 e. The fraction of sp³-hybridized carbons (Fsp3) is 0.682. The van der Waals surface area contributed by atoms with Crippen LogP contribution in [0.1, 0.15) is 25.7 Å². The number of nitrogens with zero attached hydrogens (tertiary/aromatic N) is 2. The van der Waals surface area contributed by atoms with Gasteiger partial charge in [0.2, 0.25) is 5.91 Å². The van der Waals surface area contributed by atoms with Gasteiger partial charge in [0.15, 0.2) is 0 Å². The second kappa shape index (κ2) is 9.32. The van der Waals surface area contributed by atoms with Gasteiger partial charge in [0.05, 0.1) is 26.9 Å². The van der Waals surface area contributed by atoms with Gasteiger partial charge >= 0.3 is 0 Å². The summed E-state index contributed by atoms with van der Waals surface area (Å²) < 4.78 is 23.4. The minimum absolute atomic E-state index is 0.0883.